The average Bonchev–Trinajstić information content (AvgIpc) is 3.28. The molecule has 0 unspecified atom stereocenters. The highest BCUT2D eigenvalue weighted by molar-refractivity contribution is 7.89. The number of hydrogen-bond acceptors (Lipinski definition) is 6. The van der Waals surface area contributed by atoms with Crippen molar-refractivity contribution in [2.24, 2.45) is 0 Å². The number of aromatic nitrogens is 2. The van der Waals surface area contributed by atoms with Crippen LogP contribution in [0.4, 0.5) is 0 Å². The SMILES string of the molecule is Cc1cnc2c(S(=O)(=O)N3CCN(Cc4coc(-c5ccccc5)n4)CC3)cccc2c1. The first-order chi connectivity index (χ1) is 15.5. The maximum Gasteiger partial charge on any atom is 0.245 e. The second kappa shape index (κ2) is 8.46. The van der Waals surface area contributed by atoms with E-state index < -0.39 is 10.0 Å². The van der Waals surface area contributed by atoms with Gasteiger partial charge in [-0.05, 0) is 36.8 Å². The Kier molecular flexibility index (Phi) is 5.50. The third-order valence-electron chi connectivity index (χ3n) is 5.72. The minimum atomic E-state index is -3.62. The number of fused-ring (bicyclic) bond motifs is 1. The summed E-state index contributed by atoms with van der Waals surface area (Å²) in [6.45, 7) is 4.68. The number of sulfonamides is 1. The Bertz CT molecular complexity index is 1340. The van der Waals surface area contributed by atoms with Gasteiger partial charge in [-0.3, -0.25) is 9.88 Å². The van der Waals surface area contributed by atoms with Crippen LogP contribution in [0, 0.1) is 6.92 Å². The van der Waals surface area contributed by atoms with Crippen LogP contribution in [0.3, 0.4) is 0 Å². The van der Waals surface area contributed by atoms with Crippen LogP contribution in [-0.4, -0.2) is 53.8 Å². The summed E-state index contributed by atoms with van der Waals surface area (Å²) in [5, 5.41) is 0.838. The number of hydrogen-bond donors (Lipinski definition) is 0. The minimum absolute atomic E-state index is 0.271. The third kappa shape index (κ3) is 4.04. The zero-order valence-corrected chi connectivity index (χ0v) is 18.6. The number of piperazine rings is 1. The topological polar surface area (TPSA) is 79.5 Å². The molecule has 1 aliphatic rings. The van der Waals surface area contributed by atoms with E-state index in [0.29, 0.717) is 44.1 Å². The fourth-order valence-corrected chi connectivity index (χ4v) is 5.63. The van der Waals surface area contributed by atoms with Gasteiger partial charge >= 0.3 is 0 Å². The molecule has 2 aromatic heterocycles. The molecule has 5 rings (SSSR count). The summed E-state index contributed by atoms with van der Waals surface area (Å²) in [6.07, 6.45) is 3.39. The van der Waals surface area contributed by atoms with E-state index >= 15 is 0 Å². The Hall–Kier alpha value is -3.07. The molecule has 1 aliphatic heterocycles. The van der Waals surface area contributed by atoms with E-state index in [0.717, 1.165) is 22.2 Å². The molecule has 0 bridgehead atoms. The smallest absolute Gasteiger partial charge is 0.245 e. The second-order valence-corrected chi connectivity index (χ2v) is 9.94. The van der Waals surface area contributed by atoms with Crippen molar-refractivity contribution in [3.8, 4) is 11.5 Å². The van der Waals surface area contributed by atoms with E-state index in [1.165, 1.54) is 0 Å². The third-order valence-corrected chi connectivity index (χ3v) is 7.65. The van der Waals surface area contributed by atoms with Crippen molar-refractivity contribution in [2.45, 2.75) is 18.4 Å². The Labute approximate surface area is 187 Å². The van der Waals surface area contributed by atoms with Crippen molar-refractivity contribution >= 4 is 20.9 Å². The summed E-state index contributed by atoms with van der Waals surface area (Å²) in [7, 11) is -3.62. The maximum atomic E-state index is 13.4. The van der Waals surface area contributed by atoms with Crippen LogP contribution in [0.25, 0.3) is 22.4 Å². The first kappa shape index (κ1) is 20.8. The highest BCUT2D eigenvalue weighted by Gasteiger charge is 2.30. The van der Waals surface area contributed by atoms with Crippen LogP contribution in [0.2, 0.25) is 0 Å². The highest BCUT2D eigenvalue weighted by atomic mass is 32.2. The lowest BCUT2D eigenvalue weighted by Gasteiger charge is -2.33. The zero-order valence-electron chi connectivity index (χ0n) is 17.8. The van der Waals surface area contributed by atoms with Crippen molar-refractivity contribution in [1.82, 2.24) is 19.2 Å². The molecule has 1 fully saturated rings. The van der Waals surface area contributed by atoms with Crippen molar-refractivity contribution in [2.75, 3.05) is 26.2 Å². The van der Waals surface area contributed by atoms with Gasteiger partial charge in [-0.25, -0.2) is 13.4 Å². The standard InChI is InChI=1S/C24H24N4O3S/c1-18-14-20-8-5-9-22(23(20)25-15-18)32(29,30)28-12-10-27(11-13-28)16-21-17-31-24(26-21)19-6-3-2-4-7-19/h2-9,14-15,17H,10-13,16H2,1H3. The van der Waals surface area contributed by atoms with Gasteiger partial charge in [0.05, 0.1) is 11.2 Å². The molecular formula is C24H24N4O3S. The fourth-order valence-electron chi connectivity index (χ4n) is 4.04. The van der Waals surface area contributed by atoms with Gasteiger partial charge in [0.25, 0.3) is 0 Å². The number of pyridine rings is 1. The molecule has 8 heteroatoms. The average molecular weight is 449 g/mol. The molecule has 0 spiro atoms. The molecule has 0 saturated carbocycles. The molecular weight excluding hydrogens is 424 g/mol. The van der Waals surface area contributed by atoms with E-state index in [2.05, 4.69) is 14.9 Å². The molecule has 0 aliphatic carbocycles. The number of aryl methyl sites for hydroxylation is 1. The van der Waals surface area contributed by atoms with Crippen molar-refractivity contribution in [3.05, 3.63) is 78.3 Å². The molecule has 0 atom stereocenters. The van der Waals surface area contributed by atoms with Gasteiger partial charge < -0.3 is 4.42 Å². The number of para-hydroxylation sites is 1. The number of benzene rings is 2. The van der Waals surface area contributed by atoms with Gasteiger partial charge in [-0.2, -0.15) is 4.31 Å². The Morgan fingerprint density at radius 2 is 1.78 bits per heavy atom. The monoisotopic (exact) mass is 448 g/mol. The normalized spacial score (nSPS) is 15.9. The molecule has 0 amide bonds. The summed E-state index contributed by atoms with van der Waals surface area (Å²) in [5.74, 6) is 0.598. The first-order valence-corrected chi connectivity index (χ1v) is 12.0. The second-order valence-electron chi connectivity index (χ2n) is 8.03. The lowest BCUT2D eigenvalue weighted by molar-refractivity contribution is 0.180. The van der Waals surface area contributed by atoms with Gasteiger partial charge in [-0.15, -0.1) is 0 Å². The van der Waals surface area contributed by atoms with E-state index in [-0.39, 0.29) is 4.90 Å². The predicted molar refractivity (Wildman–Crippen MR) is 122 cm³/mol. The van der Waals surface area contributed by atoms with Gasteiger partial charge in [-0.1, -0.05) is 30.3 Å². The van der Waals surface area contributed by atoms with Crippen LogP contribution in [0.1, 0.15) is 11.3 Å². The fraction of sp³-hybridized carbons (Fsp3) is 0.250. The maximum absolute atomic E-state index is 13.4. The van der Waals surface area contributed by atoms with Crippen LogP contribution >= 0.6 is 0 Å². The van der Waals surface area contributed by atoms with Crippen LogP contribution < -0.4 is 0 Å². The predicted octanol–water partition coefficient (Wildman–Crippen LogP) is 3.70. The summed E-state index contributed by atoms with van der Waals surface area (Å²) in [4.78, 5) is 11.5. The molecule has 0 N–H and O–H groups in total. The Balaban J connectivity index is 1.27. The van der Waals surface area contributed by atoms with Gasteiger partial charge in [0.1, 0.15) is 11.2 Å². The van der Waals surface area contributed by atoms with Gasteiger partial charge in [0.15, 0.2) is 0 Å². The Morgan fingerprint density at radius 3 is 2.56 bits per heavy atom. The molecule has 3 heterocycles. The highest BCUT2D eigenvalue weighted by Crippen LogP contribution is 2.26. The van der Waals surface area contributed by atoms with Crippen LogP contribution in [-0.2, 0) is 16.6 Å². The van der Waals surface area contributed by atoms with E-state index in [1.807, 2.05) is 49.4 Å². The molecule has 164 valence electrons. The summed E-state index contributed by atoms with van der Waals surface area (Å²) >= 11 is 0. The lowest BCUT2D eigenvalue weighted by Crippen LogP contribution is -2.48. The first-order valence-electron chi connectivity index (χ1n) is 10.6. The van der Waals surface area contributed by atoms with Crippen LogP contribution in [0.5, 0.6) is 0 Å². The number of nitrogens with zero attached hydrogens (tertiary/aromatic N) is 4. The largest absolute Gasteiger partial charge is 0.444 e. The van der Waals surface area contributed by atoms with E-state index in [4.69, 9.17) is 4.42 Å². The molecule has 1 saturated heterocycles. The Morgan fingerprint density at radius 1 is 1.00 bits per heavy atom. The van der Waals surface area contributed by atoms with Crippen molar-refractivity contribution < 1.29 is 12.8 Å². The van der Waals surface area contributed by atoms with Crippen LogP contribution in [0.15, 0.2) is 76.4 Å². The molecule has 7 nitrogen and oxygen atoms in total. The summed E-state index contributed by atoms with van der Waals surface area (Å²) < 4.78 is 33.9. The number of oxazole rings is 1. The number of rotatable bonds is 5. The van der Waals surface area contributed by atoms with Crippen molar-refractivity contribution in [3.63, 3.8) is 0 Å². The molecule has 32 heavy (non-hydrogen) atoms. The van der Waals surface area contributed by atoms with Crippen molar-refractivity contribution in [1.29, 1.82) is 0 Å². The van der Waals surface area contributed by atoms with Gasteiger partial charge in [0, 0.05) is 49.9 Å². The molecule has 2 aromatic carbocycles. The zero-order chi connectivity index (χ0) is 22.1. The minimum Gasteiger partial charge on any atom is -0.444 e. The van der Waals surface area contributed by atoms with E-state index in [1.54, 1.807) is 28.9 Å². The molecule has 4 aromatic rings. The lowest BCUT2D eigenvalue weighted by atomic mass is 10.2. The molecule has 0 radical (unpaired) electrons. The summed E-state index contributed by atoms with van der Waals surface area (Å²) in [5.41, 5.74) is 3.31. The summed E-state index contributed by atoms with van der Waals surface area (Å²) in [6, 6.07) is 17.1. The van der Waals surface area contributed by atoms with Gasteiger partial charge in [0.2, 0.25) is 15.9 Å². The van der Waals surface area contributed by atoms with E-state index in [9.17, 15) is 8.42 Å². The quantitative estimate of drug-likeness (QED) is 0.463.